The molecular weight excluding hydrogens is 432 g/mol. The van der Waals surface area contributed by atoms with Gasteiger partial charge in [-0.05, 0) is 77.5 Å². The van der Waals surface area contributed by atoms with E-state index in [2.05, 4.69) is 124 Å². The fourth-order valence-electron chi connectivity index (χ4n) is 5.52. The maximum Gasteiger partial charge on any atom is 0.0308 e. The zero-order valence-electron chi connectivity index (χ0n) is 22.3. The van der Waals surface area contributed by atoms with Crippen LogP contribution in [0.2, 0.25) is 0 Å². The molecule has 3 aromatic rings. The number of allylic oxidation sites excluding steroid dienone is 6. The SMILES string of the molecule is C=C(C/C=C/c1ccccc1)CCC1=CC=C(c2cc(CC)c(CC)c(CC)c2)C1c1ccccc1. The van der Waals surface area contributed by atoms with Gasteiger partial charge < -0.3 is 0 Å². The van der Waals surface area contributed by atoms with E-state index in [1.54, 1.807) is 5.56 Å². The third-order valence-electron chi connectivity index (χ3n) is 7.46. The van der Waals surface area contributed by atoms with Gasteiger partial charge in [-0.2, -0.15) is 0 Å². The molecule has 0 saturated carbocycles. The van der Waals surface area contributed by atoms with E-state index >= 15 is 0 Å². The van der Waals surface area contributed by atoms with E-state index in [4.69, 9.17) is 0 Å². The molecule has 0 spiro atoms. The second kappa shape index (κ2) is 12.5. The zero-order valence-corrected chi connectivity index (χ0v) is 22.3. The average Bonchev–Trinajstić information content (AvgIpc) is 3.36. The molecule has 1 aliphatic carbocycles. The lowest BCUT2D eigenvalue weighted by Crippen LogP contribution is -2.06. The summed E-state index contributed by atoms with van der Waals surface area (Å²) in [6.07, 6.45) is 15.5. The van der Waals surface area contributed by atoms with Crippen LogP contribution in [0.4, 0.5) is 0 Å². The third kappa shape index (κ3) is 6.05. The lowest BCUT2D eigenvalue weighted by Gasteiger charge is -2.23. The van der Waals surface area contributed by atoms with Crippen molar-refractivity contribution in [2.45, 2.75) is 65.2 Å². The minimum absolute atomic E-state index is 0.320. The van der Waals surface area contributed by atoms with E-state index in [0.717, 1.165) is 38.5 Å². The molecule has 0 N–H and O–H groups in total. The second-order valence-corrected chi connectivity index (χ2v) is 9.81. The Morgan fingerprint density at radius 2 is 1.44 bits per heavy atom. The van der Waals surface area contributed by atoms with Crippen LogP contribution in [0, 0.1) is 0 Å². The molecule has 0 saturated heterocycles. The molecule has 0 fully saturated rings. The van der Waals surface area contributed by atoms with Crippen molar-refractivity contribution in [3.63, 3.8) is 0 Å². The summed E-state index contributed by atoms with van der Waals surface area (Å²) in [6.45, 7) is 11.3. The highest BCUT2D eigenvalue weighted by Gasteiger charge is 2.26. The van der Waals surface area contributed by atoms with Crippen LogP contribution in [0.1, 0.15) is 79.3 Å². The number of aryl methyl sites for hydroxylation is 2. The van der Waals surface area contributed by atoms with Crippen molar-refractivity contribution in [3.05, 3.63) is 142 Å². The van der Waals surface area contributed by atoms with Gasteiger partial charge in [-0.25, -0.2) is 0 Å². The topological polar surface area (TPSA) is 0 Å². The van der Waals surface area contributed by atoms with Gasteiger partial charge in [0.2, 0.25) is 0 Å². The van der Waals surface area contributed by atoms with Crippen molar-refractivity contribution in [1.82, 2.24) is 0 Å². The Bertz CT molecular complexity index is 1230. The Morgan fingerprint density at radius 1 is 0.806 bits per heavy atom. The van der Waals surface area contributed by atoms with Crippen molar-refractivity contribution in [2.75, 3.05) is 0 Å². The number of hydrogen-bond acceptors (Lipinski definition) is 0. The highest BCUT2D eigenvalue weighted by Crippen LogP contribution is 2.45. The molecule has 0 aromatic heterocycles. The Morgan fingerprint density at radius 3 is 2.06 bits per heavy atom. The van der Waals surface area contributed by atoms with E-state index in [1.807, 2.05) is 0 Å². The molecule has 1 unspecified atom stereocenters. The molecule has 4 rings (SSSR count). The van der Waals surface area contributed by atoms with Crippen LogP contribution in [0.25, 0.3) is 11.6 Å². The maximum absolute atomic E-state index is 4.39. The summed E-state index contributed by atoms with van der Waals surface area (Å²) in [7, 11) is 0. The summed E-state index contributed by atoms with van der Waals surface area (Å²) >= 11 is 0. The third-order valence-corrected chi connectivity index (χ3v) is 7.46. The van der Waals surface area contributed by atoms with E-state index in [0.29, 0.717) is 5.92 Å². The average molecular weight is 473 g/mol. The van der Waals surface area contributed by atoms with Gasteiger partial charge in [-0.15, -0.1) is 0 Å². The van der Waals surface area contributed by atoms with Gasteiger partial charge in [-0.1, -0.05) is 136 Å². The lowest BCUT2D eigenvalue weighted by atomic mass is 9.81. The van der Waals surface area contributed by atoms with Gasteiger partial charge in [0, 0.05) is 5.92 Å². The Balaban J connectivity index is 1.52. The zero-order chi connectivity index (χ0) is 25.3. The summed E-state index contributed by atoms with van der Waals surface area (Å²) in [4.78, 5) is 0. The Kier molecular flexibility index (Phi) is 8.95. The first-order valence-electron chi connectivity index (χ1n) is 13.6. The van der Waals surface area contributed by atoms with Crippen LogP contribution >= 0.6 is 0 Å². The molecule has 0 amide bonds. The van der Waals surface area contributed by atoms with Gasteiger partial charge in [0.1, 0.15) is 0 Å². The van der Waals surface area contributed by atoms with Crippen LogP contribution in [-0.4, -0.2) is 0 Å². The first kappa shape index (κ1) is 25.7. The second-order valence-electron chi connectivity index (χ2n) is 9.81. The maximum atomic E-state index is 4.39. The van der Waals surface area contributed by atoms with Crippen molar-refractivity contribution < 1.29 is 0 Å². The van der Waals surface area contributed by atoms with Crippen LogP contribution in [0.3, 0.4) is 0 Å². The van der Waals surface area contributed by atoms with Crippen molar-refractivity contribution in [2.24, 2.45) is 0 Å². The molecular formula is C36H40. The van der Waals surface area contributed by atoms with E-state index in [-0.39, 0.29) is 0 Å². The number of rotatable bonds is 11. The molecule has 3 aromatic carbocycles. The minimum atomic E-state index is 0.320. The van der Waals surface area contributed by atoms with Gasteiger partial charge in [0.25, 0.3) is 0 Å². The van der Waals surface area contributed by atoms with Crippen molar-refractivity contribution in [1.29, 1.82) is 0 Å². The van der Waals surface area contributed by atoms with Crippen LogP contribution in [0.15, 0.2) is 109 Å². The standard InChI is InChI=1S/C36H40/c1-5-29-25-33(26-30(6-2)34(29)7-3)35-24-23-32(36(35)31-19-12-9-13-20-31)22-21-27(4)15-14-18-28-16-10-8-11-17-28/h8-14,16-20,23-26,36H,4-7,15,21-22H2,1-3H3/b18-14+. The van der Waals surface area contributed by atoms with Gasteiger partial charge in [-0.3, -0.25) is 0 Å². The molecule has 1 atom stereocenters. The lowest BCUT2D eigenvalue weighted by molar-refractivity contribution is 0.845. The smallest absolute Gasteiger partial charge is 0.0308 e. The van der Waals surface area contributed by atoms with Gasteiger partial charge in [0.15, 0.2) is 0 Å². The molecule has 184 valence electrons. The van der Waals surface area contributed by atoms with Crippen molar-refractivity contribution in [3.8, 4) is 0 Å². The first-order chi connectivity index (χ1) is 17.6. The molecule has 0 heterocycles. The molecule has 0 radical (unpaired) electrons. The van der Waals surface area contributed by atoms with E-state index in [1.165, 1.54) is 44.5 Å². The van der Waals surface area contributed by atoms with Crippen LogP contribution < -0.4 is 0 Å². The first-order valence-corrected chi connectivity index (χ1v) is 13.6. The quantitative estimate of drug-likeness (QED) is 0.244. The fourth-order valence-corrected chi connectivity index (χ4v) is 5.52. The predicted molar refractivity (Wildman–Crippen MR) is 158 cm³/mol. The Hall–Kier alpha value is -3.38. The van der Waals surface area contributed by atoms with Gasteiger partial charge in [0.05, 0.1) is 0 Å². The minimum Gasteiger partial charge on any atom is -0.0995 e. The number of hydrogen-bond donors (Lipinski definition) is 0. The summed E-state index contributed by atoms with van der Waals surface area (Å²) in [6, 6.07) is 26.5. The summed E-state index contributed by atoms with van der Waals surface area (Å²) in [5.74, 6) is 0.320. The predicted octanol–water partition coefficient (Wildman–Crippen LogP) is 9.92. The molecule has 0 heteroatoms. The highest BCUT2D eigenvalue weighted by molar-refractivity contribution is 5.80. The molecule has 0 nitrogen and oxygen atoms in total. The Labute approximate surface area is 218 Å². The summed E-state index contributed by atoms with van der Waals surface area (Å²) in [5.41, 5.74) is 12.8. The van der Waals surface area contributed by atoms with Crippen molar-refractivity contribution >= 4 is 11.6 Å². The molecule has 0 bridgehead atoms. The normalized spacial score (nSPS) is 15.2. The highest BCUT2D eigenvalue weighted by atomic mass is 14.3. The summed E-state index contributed by atoms with van der Waals surface area (Å²) < 4.78 is 0. The van der Waals surface area contributed by atoms with Crippen LogP contribution in [0.5, 0.6) is 0 Å². The van der Waals surface area contributed by atoms with Gasteiger partial charge >= 0.3 is 0 Å². The van der Waals surface area contributed by atoms with Crippen LogP contribution in [-0.2, 0) is 19.3 Å². The molecule has 0 aliphatic heterocycles. The molecule has 36 heavy (non-hydrogen) atoms. The largest absolute Gasteiger partial charge is 0.0995 e. The molecule has 1 aliphatic rings. The monoisotopic (exact) mass is 472 g/mol. The van der Waals surface area contributed by atoms with E-state index < -0.39 is 0 Å². The van der Waals surface area contributed by atoms with E-state index in [9.17, 15) is 0 Å². The summed E-state index contributed by atoms with van der Waals surface area (Å²) in [5, 5.41) is 0. The fraction of sp³-hybridized carbons (Fsp3) is 0.278. The number of benzene rings is 3.